The molecule has 0 fully saturated rings. The summed E-state index contributed by atoms with van der Waals surface area (Å²) in [5.41, 5.74) is 3.65. The molecule has 0 aliphatic heterocycles. The van der Waals surface area contributed by atoms with Crippen molar-refractivity contribution in [3.05, 3.63) is 47.8 Å². The molecule has 0 saturated heterocycles. The number of aromatic nitrogens is 2. The maximum absolute atomic E-state index is 4.22. The van der Waals surface area contributed by atoms with Gasteiger partial charge in [0.25, 0.3) is 0 Å². The van der Waals surface area contributed by atoms with Crippen LogP contribution in [0.25, 0.3) is 0 Å². The fraction of sp³-hybridized carbons (Fsp3) is 0.357. The van der Waals surface area contributed by atoms with Crippen LogP contribution >= 0.6 is 0 Å². The zero-order chi connectivity index (χ0) is 12.3. The first kappa shape index (κ1) is 11.7. The predicted octanol–water partition coefficient (Wildman–Crippen LogP) is 2.94. The molecule has 90 valence electrons. The third kappa shape index (κ3) is 2.67. The Balaban J connectivity index is 1.97. The highest BCUT2D eigenvalue weighted by molar-refractivity contribution is 5.46. The minimum Gasteiger partial charge on any atom is -0.382 e. The van der Waals surface area contributed by atoms with Crippen LogP contribution in [0.4, 0.5) is 5.69 Å². The molecule has 1 heterocycles. The normalized spacial score (nSPS) is 12.4. The van der Waals surface area contributed by atoms with E-state index in [0.29, 0.717) is 5.92 Å². The maximum Gasteiger partial charge on any atom is 0.0756 e. The van der Waals surface area contributed by atoms with E-state index in [1.807, 2.05) is 17.9 Å². The quantitative estimate of drug-likeness (QED) is 0.873. The minimum absolute atomic E-state index is 0.496. The Morgan fingerprint density at radius 3 is 2.59 bits per heavy atom. The van der Waals surface area contributed by atoms with Crippen molar-refractivity contribution >= 4 is 5.69 Å². The lowest BCUT2D eigenvalue weighted by molar-refractivity contribution is 0.739. The lowest BCUT2D eigenvalue weighted by atomic mass is 10.0. The summed E-state index contributed by atoms with van der Waals surface area (Å²) in [5.74, 6) is 0.496. The summed E-state index contributed by atoms with van der Waals surface area (Å²) in [7, 11) is 1.96. The minimum atomic E-state index is 0.496. The molecule has 0 aliphatic rings. The van der Waals surface area contributed by atoms with Crippen molar-refractivity contribution in [3.8, 4) is 0 Å². The van der Waals surface area contributed by atoms with E-state index >= 15 is 0 Å². The first-order valence-corrected chi connectivity index (χ1v) is 5.96. The summed E-state index contributed by atoms with van der Waals surface area (Å²) >= 11 is 0. The molecule has 1 N–H and O–H groups in total. The van der Waals surface area contributed by atoms with E-state index in [2.05, 4.69) is 54.6 Å². The molecule has 1 aromatic carbocycles. The third-order valence-corrected chi connectivity index (χ3v) is 3.20. The van der Waals surface area contributed by atoms with Gasteiger partial charge in [0.1, 0.15) is 0 Å². The molecule has 1 unspecified atom stereocenters. The van der Waals surface area contributed by atoms with Gasteiger partial charge in [0, 0.05) is 13.6 Å². The van der Waals surface area contributed by atoms with Crippen LogP contribution in [0.1, 0.15) is 24.1 Å². The molecule has 0 amide bonds. The van der Waals surface area contributed by atoms with Gasteiger partial charge in [-0.1, -0.05) is 37.3 Å². The highest BCUT2D eigenvalue weighted by Crippen LogP contribution is 2.17. The van der Waals surface area contributed by atoms with Crippen molar-refractivity contribution in [3.63, 3.8) is 0 Å². The number of benzene rings is 1. The highest BCUT2D eigenvalue weighted by Gasteiger charge is 2.07. The number of aryl methyl sites for hydroxylation is 1. The zero-order valence-electron chi connectivity index (χ0n) is 10.6. The first-order chi connectivity index (χ1) is 8.18. The van der Waals surface area contributed by atoms with Gasteiger partial charge in [-0.25, -0.2) is 0 Å². The average molecular weight is 229 g/mol. The van der Waals surface area contributed by atoms with Crippen LogP contribution in [0.3, 0.4) is 0 Å². The van der Waals surface area contributed by atoms with Gasteiger partial charge >= 0.3 is 0 Å². The molecule has 2 rings (SSSR count). The Labute approximate surface area is 102 Å². The van der Waals surface area contributed by atoms with Gasteiger partial charge in [0.15, 0.2) is 0 Å². The van der Waals surface area contributed by atoms with E-state index in [1.165, 1.54) is 11.3 Å². The second-order valence-electron chi connectivity index (χ2n) is 4.46. The van der Waals surface area contributed by atoms with Crippen molar-refractivity contribution in [2.24, 2.45) is 7.05 Å². The average Bonchev–Trinajstić information content (AvgIpc) is 2.68. The van der Waals surface area contributed by atoms with Crippen LogP contribution < -0.4 is 5.32 Å². The Morgan fingerprint density at radius 2 is 2.00 bits per heavy atom. The molecule has 0 saturated carbocycles. The predicted molar refractivity (Wildman–Crippen MR) is 71.3 cm³/mol. The van der Waals surface area contributed by atoms with Gasteiger partial charge in [-0.3, -0.25) is 4.68 Å². The molecular formula is C14H19N3. The van der Waals surface area contributed by atoms with Crippen LogP contribution in [0.2, 0.25) is 0 Å². The van der Waals surface area contributed by atoms with E-state index in [-0.39, 0.29) is 0 Å². The molecule has 1 aromatic heterocycles. The number of hydrogen-bond donors (Lipinski definition) is 1. The lowest BCUT2D eigenvalue weighted by Gasteiger charge is -2.13. The molecule has 1 atom stereocenters. The topological polar surface area (TPSA) is 29.9 Å². The molecule has 0 radical (unpaired) electrons. The van der Waals surface area contributed by atoms with Crippen LogP contribution in [-0.4, -0.2) is 16.3 Å². The summed E-state index contributed by atoms with van der Waals surface area (Å²) in [6.07, 6.45) is 1.88. The number of rotatable bonds is 4. The van der Waals surface area contributed by atoms with Crippen molar-refractivity contribution in [1.82, 2.24) is 9.78 Å². The van der Waals surface area contributed by atoms with E-state index in [4.69, 9.17) is 0 Å². The smallest absolute Gasteiger partial charge is 0.0756 e. The van der Waals surface area contributed by atoms with Crippen molar-refractivity contribution < 1.29 is 0 Å². The third-order valence-electron chi connectivity index (χ3n) is 3.20. The highest BCUT2D eigenvalue weighted by atomic mass is 15.3. The number of hydrogen-bond acceptors (Lipinski definition) is 2. The summed E-state index contributed by atoms with van der Waals surface area (Å²) < 4.78 is 1.88. The molecule has 3 heteroatoms. The van der Waals surface area contributed by atoms with Crippen LogP contribution in [0.15, 0.2) is 36.5 Å². The van der Waals surface area contributed by atoms with Crippen LogP contribution in [-0.2, 0) is 7.05 Å². The molecule has 0 bridgehead atoms. The Morgan fingerprint density at radius 1 is 1.29 bits per heavy atom. The molecule has 0 spiro atoms. The van der Waals surface area contributed by atoms with Gasteiger partial charge in [0.05, 0.1) is 17.6 Å². The van der Waals surface area contributed by atoms with Gasteiger partial charge in [-0.2, -0.15) is 5.10 Å². The molecule has 3 nitrogen and oxygen atoms in total. The van der Waals surface area contributed by atoms with E-state index in [1.54, 1.807) is 0 Å². The van der Waals surface area contributed by atoms with Gasteiger partial charge in [-0.15, -0.1) is 0 Å². The standard InChI is InChI=1S/C14H19N3/c1-11(13-7-5-4-6-8-13)9-15-14-10-16-17(3)12(14)2/h4-8,10-11,15H,9H2,1-3H3. The molecule has 17 heavy (non-hydrogen) atoms. The summed E-state index contributed by atoms with van der Waals surface area (Å²) in [5, 5.41) is 7.67. The second-order valence-corrected chi connectivity index (χ2v) is 4.46. The summed E-state index contributed by atoms with van der Waals surface area (Å²) in [6, 6.07) is 10.6. The van der Waals surface area contributed by atoms with Crippen molar-refractivity contribution in [2.75, 3.05) is 11.9 Å². The van der Waals surface area contributed by atoms with E-state index in [0.717, 1.165) is 12.2 Å². The SMILES string of the molecule is Cc1c(NCC(C)c2ccccc2)cnn1C. The Kier molecular flexibility index (Phi) is 3.47. The lowest BCUT2D eigenvalue weighted by Crippen LogP contribution is -2.10. The molecule has 0 aliphatic carbocycles. The monoisotopic (exact) mass is 229 g/mol. The number of nitrogens with one attached hydrogen (secondary N) is 1. The Bertz CT molecular complexity index is 473. The van der Waals surface area contributed by atoms with Gasteiger partial charge in [0.2, 0.25) is 0 Å². The van der Waals surface area contributed by atoms with E-state index in [9.17, 15) is 0 Å². The molecule has 2 aromatic rings. The van der Waals surface area contributed by atoms with Crippen LogP contribution in [0, 0.1) is 6.92 Å². The fourth-order valence-electron chi connectivity index (χ4n) is 1.83. The maximum atomic E-state index is 4.22. The van der Waals surface area contributed by atoms with Gasteiger partial charge in [-0.05, 0) is 18.4 Å². The van der Waals surface area contributed by atoms with Gasteiger partial charge < -0.3 is 5.32 Å². The summed E-state index contributed by atoms with van der Waals surface area (Å²) in [6.45, 7) is 5.23. The fourth-order valence-corrected chi connectivity index (χ4v) is 1.83. The van der Waals surface area contributed by atoms with Crippen molar-refractivity contribution in [2.45, 2.75) is 19.8 Å². The Hall–Kier alpha value is -1.77. The number of nitrogens with zero attached hydrogens (tertiary/aromatic N) is 2. The van der Waals surface area contributed by atoms with Crippen LogP contribution in [0.5, 0.6) is 0 Å². The van der Waals surface area contributed by atoms with E-state index < -0.39 is 0 Å². The zero-order valence-corrected chi connectivity index (χ0v) is 10.6. The second kappa shape index (κ2) is 5.04. The summed E-state index contributed by atoms with van der Waals surface area (Å²) in [4.78, 5) is 0. The largest absolute Gasteiger partial charge is 0.382 e. The molecular weight excluding hydrogens is 210 g/mol. The first-order valence-electron chi connectivity index (χ1n) is 5.96. The number of anilines is 1. The van der Waals surface area contributed by atoms with Crippen molar-refractivity contribution in [1.29, 1.82) is 0 Å².